The monoisotopic (exact) mass is 379 g/mol. The number of alkyl halides is 3. The molecule has 1 N–H and O–H groups in total. The molecule has 27 heavy (non-hydrogen) atoms. The van der Waals surface area contributed by atoms with Crippen LogP contribution >= 0.6 is 0 Å². The van der Waals surface area contributed by atoms with Crippen LogP contribution in [-0.4, -0.2) is 12.5 Å². The minimum Gasteiger partial charge on any atom is -0.484 e. The van der Waals surface area contributed by atoms with Gasteiger partial charge < -0.3 is 10.1 Å². The lowest BCUT2D eigenvalue weighted by Crippen LogP contribution is -2.31. The number of amides is 1. The van der Waals surface area contributed by atoms with E-state index >= 15 is 0 Å². The summed E-state index contributed by atoms with van der Waals surface area (Å²) in [6.07, 6.45) is -4.45. The van der Waals surface area contributed by atoms with Gasteiger partial charge in [-0.2, -0.15) is 13.2 Å². The Kier molecular flexibility index (Phi) is 6.19. The minimum atomic E-state index is -4.45. The van der Waals surface area contributed by atoms with Crippen molar-refractivity contribution in [3.05, 3.63) is 65.2 Å². The molecule has 0 spiro atoms. The van der Waals surface area contributed by atoms with Crippen molar-refractivity contribution >= 4 is 5.91 Å². The van der Waals surface area contributed by atoms with Gasteiger partial charge in [0.15, 0.2) is 6.61 Å². The average Bonchev–Trinajstić information content (AvgIpc) is 2.59. The summed E-state index contributed by atoms with van der Waals surface area (Å²) in [6, 6.07) is 12.2. The highest BCUT2D eigenvalue weighted by molar-refractivity contribution is 5.78. The number of benzene rings is 2. The van der Waals surface area contributed by atoms with E-state index in [9.17, 15) is 18.0 Å². The molecule has 1 unspecified atom stereocenters. The fraction of sp³-hybridized carbons (Fsp3) is 0.381. The summed E-state index contributed by atoms with van der Waals surface area (Å²) in [4.78, 5) is 12.0. The van der Waals surface area contributed by atoms with Crippen molar-refractivity contribution in [2.75, 3.05) is 6.61 Å². The topological polar surface area (TPSA) is 38.3 Å². The molecule has 0 bridgehead atoms. The van der Waals surface area contributed by atoms with E-state index in [0.717, 1.165) is 17.7 Å². The predicted molar refractivity (Wildman–Crippen MR) is 98.6 cm³/mol. The SMILES string of the molecule is CC(NC(=O)COc1cccc(C(F)(F)F)c1)c1ccc(C(C)(C)C)cc1. The number of ether oxygens (including phenoxy) is 1. The first kappa shape index (κ1) is 20.8. The Bertz CT molecular complexity index is 777. The van der Waals surface area contributed by atoms with Gasteiger partial charge in [-0.15, -0.1) is 0 Å². The second-order valence-corrected chi connectivity index (χ2v) is 7.48. The van der Waals surface area contributed by atoms with Crippen molar-refractivity contribution in [3.8, 4) is 5.75 Å². The number of carbonyl (C=O) groups is 1. The third-order valence-electron chi connectivity index (χ3n) is 4.19. The Labute approximate surface area is 157 Å². The Morgan fingerprint density at radius 1 is 1.04 bits per heavy atom. The third-order valence-corrected chi connectivity index (χ3v) is 4.19. The lowest BCUT2D eigenvalue weighted by atomic mass is 9.86. The third kappa shape index (κ3) is 6.01. The van der Waals surface area contributed by atoms with E-state index in [-0.39, 0.29) is 23.8 Å². The van der Waals surface area contributed by atoms with Gasteiger partial charge in [-0.25, -0.2) is 0 Å². The van der Waals surface area contributed by atoms with Gasteiger partial charge in [0.05, 0.1) is 11.6 Å². The fourth-order valence-electron chi connectivity index (χ4n) is 2.55. The van der Waals surface area contributed by atoms with Crippen LogP contribution in [0.2, 0.25) is 0 Å². The Morgan fingerprint density at radius 2 is 1.67 bits per heavy atom. The molecule has 146 valence electrons. The molecule has 0 heterocycles. The summed E-state index contributed by atoms with van der Waals surface area (Å²) in [5, 5.41) is 2.78. The van der Waals surface area contributed by atoms with Gasteiger partial charge in [-0.1, -0.05) is 51.1 Å². The minimum absolute atomic E-state index is 0.00200. The van der Waals surface area contributed by atoms with Crippen LogP contribution in [0.25, 0.3) is 0 Å². The molecule has 2 aromatic carbocycles. The van der Waals surface area contributed by atoms with Gasteiger partial charge in [0.25, 0.3) is 5.91 Å². The van der Waals surface area contributed by atoms with Crippen LogP contribution in [0.5, 0.6) is 5.75 Å². The molecule has 0 aliphatic rings. The van der Waals surface area contributed by atoms with E-state index in [1.54, 1.807) is 0 Å². The highest BCUT2D eigenvalue weighted by Crippen LogP contribution is 2.31. The number of rotatable bonds is 5. The van der Waals surface area contributed by atoms with E-state index in [2.05, 4.69) is 26.1 Å². The van der Waals surface area contributed by atoms with E-state index in [1.165, 1.54) is 17.7 Å². The normalized spacial score (nSPS) is 13.1. The van der Waals surface area contributed by atoms with Crippen LogP contribution in [0.1, 0.15) is 50.4 Å². The van der Waals surface area contributed by atoms with Gasteiger partial charge in [0.1, 0.15) is 5.75 Å². The van der Waals surface area contributed by atoms with Crippen LogP contribution in [0.4, 0.5) is 13.2 Å². The van der Waals surface area contributed by atoms with Crippen LogP contribution in [0.3, 0.4) is 0 Å². The van der Waals surface area contributed by atoms with Crippen molar-refractivity contribution in [1.29, 1.82) is 0 Å². The molecular weight excluding hydrogens is 355 g/mol. The molecule has 0 aliphatic heterocycles. The number of halogens is 3. The van der Waals surface area contributed by atoms with Gasteiger partial charge in [-0.3, -0.25) is 4.79 Å². The Balaban J connectivity index is 1.92. The summed E-state index contributed by atoms with van der Waals surface area (Å²) < 4.78 is 43.3. The quantitative estimate of drug-likeness (QED) is 0.770. The molecule has 6 heteroatoms. The maximum absolute atomic E-state index is 12.7. The smallest absolute Gasteiger partial charge is 0.416 e. The molecule has 1 amide bonds. The van der Waals surface area contributed by atoms with E-state index in [0.29, 0.717) is 0 Å². The molecule has 3 nitrogen and oxygen atoms in total. The van der Waals surface area contributed by atoms with Crippen molar-refractivity contribution in [2.45, 2.75) is 45.3 Å². The van der Waals surface area contributed by atoms with Crippen LogP contribution in [0.15, 0.2) is 48.5 Å². The van der Waals surface area contributed by atoms with Gasteiger partial charge in [-0.05, 0) is 41.7 Å². The molecule has 0 fully saturated rings. The summed E-state index contributed by atoms with van der Waals surface area (Å²) >= 11 is 0. The Hall–Kier alpha value is -2.50. The van der Waals surface area contributed by atoms with Crippen LogP contribution in [-0.2, 0) is 16.4 Å². The molecule has 2 rings (SSSR count). The van der Waals surface area contributed by atoms with E-state index in [1.807, 2.05) is 31.2 Å². The maximum Gasteiger partial charge on any atom is 0.416 e. The second kappa shape index (κ2) is 8.03. The van der Waals surface area contributed by atoms with E-state index < -0.39 is 17.6 Å². The summed E-state index contributed by atoms with van der Waals surface area (Å²) in [5.41, 5.74) is 1.37. The van der Waals surface area contributed by atoms with Gasteiger partial charge in [0.2, 0.25) is 0 Å². The zero-order valence-electron chi connectivity index (χ0n) is 15.9. The molecule has 0 saturated carbocycles. The highest BCUT2D eigenvalue weighted by atomic mass is 19.4. The zero-order chi connectivity index (χ0) is 20.2. The number of nitrogens with one attached hydrogen (secondary N) is 1. The zero-order valence-corrected chi connectivity index (χ0v) is 15.9. The lowest BCUT2D eigenvalue weighted by molar-refractivity contribution is -0.137. The molecule has 0 aromatic heterocycles. The van der Waals surface area contributed by atoms with E-state index in [4.69, 9.17) is 4.74 Å². The largest absolute Gasteiger partial charge is 0.484 e. The summed E-state index contributed by atoms with van der Waals surface area (Å²) in [5.74, 6) is -0.401. The summed E-state index contributed by atoms with van der Waals surface area (Å²) in [7, 11) is 0. The molecule has 1 atom stereocenters. The molecule has 0 radical (unpaired) electrons. The van der Waals surface area contributed by atoms with Crippen LogP contribution < -0.4 is 10.1 Å². The molecule has 0 saturated heterocycles. The predicted octanol–water partition coefficient (Wildman–Crippen LogP) is 5.26. The van der Waals surface area contributed by atoms with Crippen molar-refractivity contribution in [3.63, 3.8) is 0 Å². The average molecular weight is 379 g/mol. The number of carbonyl (C=O) groups excluding carboxylic acids is 1. The second-order valence-electron chi connectivity index (χ2n) is 7.48. The number of hydrogen-bond donors (Lipinski definition) is 1. The maximum atomic E-state index is 12.7. The van der Waals surface area contributed by atoms with Gasteiger partial charge >= 0.3 is 6.18 Å². The first-order chi connectivity index (χ1) is 12.5. The molecule has 2 aromatic rings. The van der Waals surface area contributed by atoms with Crippen molar-refractivity contribution < 1.29 is 22.7 Å². The standard InChI is InChI=1S/C21H24F3NO2/c1-14(15-8-10-16(11-9-15)20(2,3)4)25-19(26)13-27-18-7-5-6-17(12-18)21(22,23)24/h5-12,14H,13H2,1-4H3,(H,25,26). The summed E-state index contributed by atoms with van der Waals surface area (Å²) in [6.45, 7) is 7.86. The van der Waals surface area contributed by atoms with Crippen molar-refractivity contribution in [2.24, 2.45) is 0 Å². The van der Waals surface area contributed by atoms with Crippen LogP contribution in [0, 0.1) is 0 Å². The molecular formula is C21H24F3NO2. The first-order valence-electron chi connectivity index (χ1n) is 8.66. The van der Waals surface area contributed by atoms with Crippen molar-refractivity contribution in [1.82, 2.24) is 5.32 Å². The number of hydrogen-bond acceptors (Lipinski definition) is 2. The molecule has 0 aliphatic carbocycles. The van der Waals surface area contributed by atoms with Gasteiger partial charge in [0, 0.05) is 0 Å². The fourth-order valence-corrected chi connectivity index (χ4v) is 2.55. The first-order valence-corrected chi connectivity index (χ1v) is 8.66. The lowest BCUT2D eigenvalue weighted by Gasteiger charge is -2.20. The highest BCUT2D eigenvalue weighted by Gasteiger charge is 2.30. The Morgan fingerprint density at radius 3 is 2.22 bits per heavy atom.